The van der Waals surface area contributed by atoms with Crippen LogP contribution < -0.4 is 10.6 Å². The Bertz CT molecular complexity index is 631. The molecule has 0 spiro atoms. The lowest BCUT2D eigenvalue weighted by atomic mass is 9.89. The maximum atomic E-state index is 14.4. The summed E-state index contributed by atoms with van der Waals surface area (Å²) >= 11 is 0. The minimum Gasteiger partial charge on any atom is -0.461 e. The van der Waals surface area contributed by atoms with Crippen LogP contribution in [0, 0.1) is 0 Å². The van der Waals surface area contributed by atoms with Crippen LogP contribution in [0.25, 0.3) is 0 Å². The van der Waals surface area contributed by atoms with Crippen molar-refractivity contribution in [1.82, 2.24) is 10.6 Å². The molecule has 0 aromatic heterocycles. The molecular weight excluding hydrogens is 347 g/mol. The lowest BCUT2D eigenvalue weighted by Gasteiger charge is -2.35. The average molecular weight is 371 g/mol. The maximum absolute atomic E-state index is 14.4. The summed E-state index contributed by atoms with van der Waals surface area (Å²) in [5, 5.41) is 5.53. The Hall–Kier alpha value is -1.66. The first kappa shape index (κ1) is 19.7. The summed E-state index contributed by atoms with van der Waals surface area (Å²) in [5.74, 6) is -0.819. The molecule has 0 unspecified atom stereocenters. The number of ether oxygens (including phenoxy) is 1. The van der Waals surface area contributed by atoms with E-state index in [4.69, 9.17) is 4.74 Å². The molecule has 2 fully saturated rings. The van der Waals surface area contributed by atoms with Gasteiger partial charge in [0.2, 0.25) is 0 Å². The number of nitrogens with one attached hydrogen (secondary N) is 2. The highest BCUT2D eigenvalue weighted by atomic mass is 35.5. The second kappa shape index (κ2) is 8.15. The second-order valence-corrected chi connectivity index (χ2v) is 6.69. The molecule has 1 saturated carbocycles. The van der Waals surface area contributed by atoms with Crippen molar-refractivity contribution in [2.24, 2.45) is 0 Å². The Kier molecular flexibility index (Phi) is 6.41. The van der Waals surface area contributed by atoms with Gasteiger partial charge in [-0.1, -0.05) is 12.1 Å². The van der Waals surface area contributed by atoms with Crippen molar-refractivity contribution in [3.8, 4) is 0 Å². The van der Waals surface area contributed by atoms with E-state index in [1.807, 2.05) is 0 Å². The van der Waals surface area contributed by atoms with Crippen molar-refractivity contribution < 1.29 is 18.7 Å². The summed E-state index contributed by atoms with van der Waals surface area (Å²) in [4.78, 5) is 24.4. The van der Waals surface area contributed by atoms with E-state index in [-0.39, 0.29) is 31.6 Å². The van der Waals surface area contributed by atoms with Crippen molar-refractivity contribution in [3.05, 3.63) is 35.4 Å². The van der Waals surface area contributed by atoms with Crippen molar-refractivity contribution in [2.45, 2.75) is 50.4 Å². The topological polar surface area (TPSA) is 67.4 Å². The van der Waals surface area contributed by atoms with Gasteiger partial charge in [-0.15, -0.1) is 12.4 Å². The molecule has 1 saturated heterocycles. The molecule has 138 valence electrons. The van der Waals surface area contributed by atoms with Gasteiger partial charge >= 0.3 is 5.97 Å². The van der Waals surface area contributed by atoms with Crippen LogP contribution in [0.2, 0.25) is 0 Å². The highest BCUT2D eigenvalue weighted by Gasteiger charge is 2.39. The Morgan fingerprint density at radius 3 is 2.60 bits per heavy atom. The first-order chi connectivity index (χ1) is 11.5. The first-order valence-corrected chi connectivity index (χ1v) is 8.49. The predicted molar refractivity (Wildman–Crippen MR) is 94.6 cm³/mol. The molecule has 1 heterocycles. The first-order valence-electron chi connectivity index (χ1n) is 8.49. The number of halogens is 2. The molecule has 3 rings (SSSR count). The van der Waals surface area contributed by atoms with E-state index in [1.165, 1.54) is 0 Å². The fraction of sp³-hybridized carbons (Fsp3) is 0.556. The van der Waals surface area contributed by atoms with Gasteiger partial charge in [0.25, 0.3) is 5.91 Å². The minimum absolute atomic E-state index is 0. The molecule has 1 aromatic carbocycles. The van der Waals surface area contributed by atoms with E-state index in [0.717, 1.165) is 25.7 Å². The summed E-state index contributed by atoms with van der Waals surface area (Å²) in [5.41, 5.74) is -0.587. The summed E-state index contributed by atoms with van der Waals surface area (Å²) < 4.78 is 19.8. The smallest absolute Gasteiger partial charge is 0.328 e. The SMILES string of the molecule is C[C@H](NC(=O)c1cccc(C2(F)CNC2)c1)C(=O)OC1CCCC1.Cl. The van der Waals surface area contributed by atoms with E-state index in [9.17, 15) is 14.0 Å². The lowest BCUT2D eigenvalue weighted by molar-refractivity contribution is -0.150. The molecule has 25 heavy (non-hydrogen) atoms. The third-order valence-corrected chi connectivity index (χ3v) is 4.74. The van der Waals surface area contributed by atoms with E-state index in [0.29, 0.717) is 11.1 Å². The predicted octanol–water partition coefficient (Wildman–Crippen LogP) is 2.48. The molecule has 1 atom stereocenters. The largest absolute Gasteiger partial charge is 0.461 e. The van der Waals surface area contributed by atoms with Crippen molar-refractivity contribution >= 4 is 24.3 Å². The molecule has 2 aliphatic rings. The van der Waals surface area contributed by atoms with Gasteiger partial charge in [0.1, 0.15) is 12.1 Å². The van der Waals surface area contributed by atoms with Crippen LogP contribution >= 0.6 is 12.4 Å². The number of hydrogen-bond acceptors (Lipinski definition) is 4. The van der Waals surface area contributed by atoms with E-state index in [1.54, 1.807) is 31.2 Å². The molecule has 2 N–H and O–H groups in total. The molecule has 1 aliphatic carbocycles. The van der Waals surface area contributed by atoms with Crippen LogP contribution in [0.15, 0.2) is 24.3 Å². The van der Waals surface area contributed by atoms with Gasteiger partial charge in [0, 0.05) is 18.7 Å². The van der Waals surface area contributed by atoms with Crippen LogP contribution in [-0.4, -0.2) is 37.1 Å². The molecule has 1 aliphatic heterocycles. The number of esters is 1. The van der Waals surface area contributed by atoms with Gasteiger partial charge in [-0.3, -0.25) is 4.79 Å². The van der Waals surface area contributed by atoms with E-state index >= 15 is 0 Å². The third-order valence-electron chi connectivity index (χ3n) is 4.74. The van der Waals surface area contributed by atoms with Gasteiger partial charge in [-0.25, -0.2) is 9.18 Å². The Morgan fingerprint density at radius 1 is 1.32 bits per heavy atom. The molecule has 0 bridgehead atoms. The zero-order chi connectivity index (χ0) is 17.2. The minimum atomic E-state index is -1.41. The van der Waals surface area contributed by atoms with Gasteiger partial charge < -0.3 is 15.4 Å². The van der Waals surface area contributed by atoms with Crippen LogP contribution in [0.3, 0.4) is 0 Å². The number of amides is 1. The number of benzene rings is 1. The quantitative estimate of drug-likeness (QED) is 0.781. The molecule has 7 heteroatoms. The molecule has 5 nitrogen and oxygen atoms in total. The van der Waals surface area contributed by atoms with Crippen LogP contribution in [0.5, 0.6) is 0 Å². The van der Waals surface area contributed by atoms with Gasteiger partial charge in [0.15, 0.2) is 5.67 Å². The summed E-state index contributed by atoms with van der Waals surface area (Å²) in [7, 11) is 0. The molecular formula is C18H24ClFN2O3. The Balaban J connectivity index is 0.00000225. The monoisotopic (exact) mass is 370 g/mol. The fourth-order valence-corrected chi connectivity index (χ4v) is 3.10. The normalized spacial score (nSPS) is 20.1. The molecule has 1 amide bonds. The molecule has 0 radical (unpaired) electrons. The maximum Gasteiger partial charge on any atom is 0.328 e. The number of alkyl halides is 1. The number of rotatable bonds is 5. The lowest BCUT2D eigenvalue weighted by Crippen LogP contribution is -2.53. The van der Waals surface area contributed by atoms with Crippen molar-refractivity contribution in [2.75, 3.05) is 13.1 Å². The molecule has 1 aromatic rings. The summed E-state index contributed by atoms with van der Waals surface area (Å²) in [6, 6.07) is 5.77. The standard InChI is InChI=1S/C18H23FN2O3.ClH/c1-12(17(23)24-15-7-2-3-8-15)21-16(22)13-5-4-6-14(9-13)18(19)10-20-11-18;/h4-6,9,12,15,20H,2-3,7-8,10-11H2,1H3,(H,21,22);1H/t12-;/m0./s1. The fourth-order valence-electron chi connectivity index (χ4n) is 3.10. The highest BCUT2D eigenvalue weighted by Crippen LogP contribution is 2.30. The third kappa shape index (κ3) is 4.50. The second-order valence-electron chi connectivity index (χ2n) is 6.69. The number of carbonyl (C=O) groups excluding carboxylic acids is 2. The summed E-state index contributed by atoms with van der Waals surface area (Å²) in [6.07, 6.45) is 3.90. The van der Waals surface area contributed by atoms with Crippen LogP contribution in [0.1, 0.15) is 48.5 Å². The number of hydrogen-bond donors (Lipinski definition) is 2. The van der Waals surface area contributed by atoms with Crippen LogP contribution in [0.4, 0.5) is 4.39 Å². The van der Waals surface area contributed by atoms with Crippen molar-refractivity contribution in [1.29, 1.82) is 0 Å². The van der Waals surface area contributed by atoms with Gasteiger partial charge in [-0.2, -0.15) is 0 Å². The Morgan fingerprint density at radius 2 is 2.00 bits per heavy atom. The Labute approximate surface area is 153 Å². The highest BCUT2D eigenvalue weighted by molar-refractivity contribution is 5.96. The van der Waals surface area contributed by atoms with Crippen molar-refractivity contribution in [3.63, 3.8) is 0 Å². The van der Waals surface area contributed by atoms with E-state index < -0.39 is 23.6 Å². The van der Waals surface area contributed by atoms with E-state index in [2.05, 4.69) is 10.6 Å². The van der Waals surface area contributed by atoms with Crippen LogP contribution in [-0.2, 0) is 15.2 Å². The zero-order valence-electron chi connectivity index (χ0n) is 14.2. The van der Waals surface area contributed by atoms with Gasteiger partial charge in [0.05, 0.1) is 0 Å². The average Bonchev–Trinajstić information content (AvgIpc) is 3.05. The summed E-state index contributed by atoms with van der Waals surface area (Å²) in [6.45, 7) is 2.11. The zero-order valence-corrected chi connectivity index (χ0v) is 15.0. The van der Waals surface area contributed by atoms with Gasteiger partial charge in [-0.05, 0) is 50.3 Å². The number of carbonyl (C=O) groups is 2.